The van der Waals surface area contributed by atoms with Crippen molar-refractivity contribution in [2.24, 2.45) is 5.41 Å². The summed E-state index contributed by atoms with van der Waals surface area (Å²) >= 11 is 0. The number of carbonyl (C=O) groups excluding carboxylic acids is 2. The Balaban J connectivity index is 1.84. The Morgan fingerprint density at radius 1 is 1.11 bits per heavy atom. The van der Waals surface area contributed by atoms with Gasteiger partial charge in [0.05, 0.1) is 0 Å². The Bertz CT molecular complexity index is 477. The molecule has 0 amide bonds. The molecule has 0 heterocycles. The van der Waals surface area contributed by atoms with Crippen LogP contribution >= 0.6 is 0 Å². The van der Waals surface area contributed by atoms with Crippen LogP contribution in [0.4, 0.5) is 0 Å². The van der Waals surface area contributed by atoms with Gasteiger partial charge in [-0.05, 0) is 30.7 Å². The second-order valence-electron chi connectivity index (χ2n) is 5.79. The fourth-order valence-electron chi connectivity index (χ4n) is 3.65. The molecule has 0 radical (unpaired) electrons. The van der Waals surface area contributed by atoms with Crippen molar-refractivity contribution in [1.29, 1.82) is 0 Å². The molecule has 2 nitrogen and oxygen atoms in total. The van der Waals surface area contributed by atoms with Gasteiger partial charge in [0, 0.05) is 24.7 Å². The Kier molecular flexibility index (Phi) is 2.81. The zero-order chi connectivity index (χ0) is 12.6. The van der Waals surface area contributed by atoms with Gasteiger partial charge in [0.2, 0.25) is 0 Å². The van der Waals surface area contributed by atoms with Crippen LogP contribution in [0.5, 0.6) is 0 Å². The minimum Gasteiger partial charge on any atom is -0.300 e. The summed E-state index contributed by atoms with van der Waals surface area (Å²) in [6.45, 7) is 0. The second kappa shape index (κ2) is 4.34. The summed E-state index contributed by atoms with van der Waals surface area (Å²) in [6, 6.07) is 10.2. The molecule has 18 heavy (non-hydrogen) atoms. The van der Waals surface area contributed by atoms with Crippen molar-refractivity contribution in [2.45, 2.75) is 44.4 Å². The Labute approximate surface area is 107 Å². The lowest BCUT2D eigenvalue weighted by atomic mass is 9.71. The lowest BCUT2D eigenvalue weighted by Crippen LogP contribution is -2.32. The van der Waals surface area contributed by atoms with E-state index in [2.05, 4.69) is 12.1 Å². The summed E-state index contributed by atoms with van der Waals surface area (Å²) in [5, 5.41) is 0. The van der Waals surface area contributed by atoms with E-state index in [9.17, 15) is 9.59 Å². The van der Waals surface area contributed by atoms with E-state index in [1.54, 1.807) is 0 Å². The van der Waals surface area contributed by atoms with Gasteiger partial charge < -0.3 is 0 Å². The first-order chi connectivity index (χ1) is 8.70. The van der Waals surface area contributed by atoms with Gasteiger partial charge in [-0.25, -0.2) is 0 Å². The highest BCUT2D eigenvalue weighted by Crippen LogP contribution is 2.51. The molecule has 3 rings (SSSR count). The molecule has 2 saturated carbocycles. The number of hydrogen-bond acceptors (Lipinski definition) is 2. The molecule has 94 valence electrons. The average Bonchev–Trinajstić information content (AvgIpc) is 2.68. The van der Waals surface area contributed by atoms with Gasteiger partial charge in [-0.3, -0.25) is 9.59 Å². The molecular weight excluding hydrogens is 224 g/mol. The zero-order valence-corrected chi connectivity index (χ0v) is 10.5. The van der Waals surface area contributed by atoms with Crippen molar-refractivity contribution in [3.8, 4) is 0 Å². The number of carbonyl (C=O) groups is 2. The number of hydrogen-bond donors (Lipinski definition) is 0. The summed E-state index contributed by atoms with van der Waals surface area (Å²) in [4.78, 5) is 24.0. The van der Waals surface area contributed by atoms with Crippen LogP contribution in [0.3, 0.4) is 0 Å². The first-order valence-corrected chi connectivity index (χ1v) is 6.80. The molecule has 2 aliphatic rings. The highest BCUT2D eigenvalue weighted by atomic mass is 16.1. The molecule has 0 aliphatic heterocycles. The van der Waals surface area contributed by atoms with Crippen molar-refractivity contribution in [1.82, 2.24) is 0 Å². The summed E-state index contributed by atoms with van der Waals surface area (Å²) < 4.78 is 0. The fraction of sp³-hybridized carbons (Fsp3) is 0.500. The van der Waals surface area contributed by atoms with E-state index in [1.807, 2.05) is 18.2 Å². The maximum Gasteiger partial charge on any atom is 0.140 e. The summed E-state index contributed by atoms with van der Waals surface area (Å²) in [7, 11) is 0. The number of benzene rings is 1. The van der Waals surface area contributed by atoms with Gasteiger partial charge in [-0.2, -0.15) is 0 Å². The predicted octanol–water partition coefficient (Wildman–Crippen LogP) is 3.26. The second-order valence-corrected chi connectivity index (χ2v) is 5.79. The van der Waals surface area contributed by atoms with E-state index in [0.29, 0.717) is 31.0 Å². The van der Waals surface area contributed by atoms with Crippen molar-refractivity contribution < 1.29 is 9.59 Å². The third-order valence-electron chi connectivity index (χ3n) is 4.58. The zero-order valence-electron chi connectivity index (χ0n) is 10.5. The standard InChI is InChI=1S/C16H18O2/c17-14-7-4-8-16(11-14)10-13(9-15(16)18)12-5-2-1-3-6-12/h1-3,5-6,13H,4,7-11H2/t13-,16+/m0/s1. The van der Waals surface area contributed by atoms with Crippen LogP contribution in [0.1, 0.15) is 50.0 Å². The van der Waals surface area contributed by atoms with Gasteiger partial charge in [-0.1, -0.05) is 30.3 Å². The quantitative estimate of drug-likeness (QED) is 0.757. The largest absolute Gasteiger partial charge is 0.300 e. The molecular formula is C16H18O2. The molecule has 1 aromatic carbocycles. The molecule has 0 unspecified atom stereocenters. The molecule has 2 aliphatic carbocycles. The smallest absolute Gasteiger partial charge is 0.140 e. The Morgan fingerprint density at radius 2 is 1.89 bits per heavy atom. The Hall–Kier alpha value is -1.44. The van der Waals surface area contributed by atoms with E-state index in [4.69, 9.17) is 0 Å². The lowest BCUT2D eigenvalue weighted by Gasteiger charge is -2.31. The van der Waals surface area contributed by atoms with E-state index in [0.717, 1.165) is 19.3 Å². The van der Waals surface area contributed by atoms with Crippen molar-refractivity contribution in [3.05, 3.63) is 35.9 Å². The maximum absolute atomic E-state index is 12.3. The normalized spacial score (nSPS) is 32.1. The van der Waals surface area contributed by atoms with Crippen molar-refractivity contribution >= 4 is 11.6 Å². The average molecular weight is 242 g/mol. The molecule has 2 atom stereocenters. The van der Waals surface area contributed by atoms with E-state index in [1.165, 1.54) is 5.56 Å². The van der Waals surface area contributed by atoms with Crippen LogP contribution in [-0.2, 0) is 9.59 Å². The lowest BCUT2D eigenvalue weighted by molar-refractivity contribution is -0.134. The summed E-state index contributed by atoms with van der Waals surface area (Å²) in [6.07, 6.45) is 4.48. The molecule has 1 aromatic rings. The predicted molar refractivity (Wildman–Crippen MR) is 69.3 cm³/mol. The number of Topliss-reactive ketones (excluding diaryl/α,β-unsaturated/α-hetero) is 2. The highest BCUT2D eigenvalue weighted by molar-refractivity contribution is 5.94. The minimum atomic E-state index is -0.310. The molecule has 2 fully saturated rings. The van der Waals surface area contributed by atoms with Gasteiger partial charge in [0.25, 0.3) is 0 Å². The van der Waals surface area contributed by atoms with Crippen molar-refractivity contribution in [3.63, 3.8) is 0 Å². The maximum atomic E-state index is 12.3. The minimum absolute atomic E-state index is 0.281. The third kappa shape index (κ3) is 1.90. The Morgan fingerprint density at radius 3 is 2.61 bits per heavy atom. The van der Waals surface area contributed by atoms with Gasteiger partial charge in [0.1, 0.15) is 11.6 Å². The van der Waals surface area contributed by atoms with Crippen LogP contribution < -0.4 is 0 Å². The van der Waals surface area contributed by atoms with Gasteiger partial charge in [0.15, 0.2) is 0 Å². The molecule has 2 heteroatoms. The van der Waals surface area contributed by atoms with Gasteiger partial charge >= 0.3 is 0 Å². The fourth-order valence-corrected chi connectivity index (χ4v) is 3.65. The van der Waals surface area contributed by atoms with Gasteiger partial charge in [-0.15, -0.1) is 0 Å². The summed E-state index contributed by atoms with van der Waals surface area (Å²) in [5.74, 6) is 0.928. The van der Waals surface area contributed by atoms with Crippen LogP contribution in [0, 0.1) is 5.41 Å². The van der Waals surface area contributed by atoms with E-state index < -0.39 is 0 Å². The first kappa shape index (κ1) is 11.6. The first-order valence-electron chi connectivity index (χ1n) is 6.80. The highest BCUT2D eigenvalue weighted by Gasteiger charge is 2.48. The topological polar surface area (TPSA) is 34.1 Å². The molecule has 1 spiro atoms. The number of rotatable bonds is 1. The van der Waals surface area contributed by atoms with Crippen LogP contribution in [0.15, 0.2) is 30.3 Å². The van der Waals surface area contributed by atoms with Crippen molar-refractivity contribution in [2.75, 3.05) is 0 Å². The van der Waals surface area contributed by atoms with Crippen LogP contribution in [0.25, 0.3) is 0 Å². The van der Waals surface area contributed by atoms with E-state index >= 15 is 0 Å². The molecule has 0 bridgehead atoms. The van der Waals surface area contributed by atoms with Crippen LogP contribution in [0.2, 0.25) is 0 Å². The van der Waals surface area contributed by atoms with E-state index in [-0.39, 0.29) is 11.2 Å². The molecule has 0 N–H and O–H groups in total. The molecule has 0 saturated heterocycles. The third-order valence-corrected chi connectivity index (χ3v) is 4.58. The van der Waals surface area contributed by atoms with Crippen LogP contribution in [-0.4, -0.2) is 11.6 Å². The SMILES string of the molecule is O=C1CCC[C@]2(C1)C[C@@H](c1ccccc1)CC2=O. The number of ketones is 2. The monoisotopic (exact) mass is 242 g/mol. The summed E-state index contributed by atoms with van der Waals surface area (Å²) in [5.41, 5.74) is 0.941. The molecule has 0 aromatic heterocycles.